The van der Waals surface area contributed by atoms with Crippen LogP contribution in [0, 0.1) is 6.92 Å². The maximum absolute atomic E-state index is 12.3. The predicted octanol–water partition coefficient (Wildman–Crippen LogP) is 3.91. The molecule has 1 amide bonds. The quantitative estimate of drug-likeness (QED) is 0.746. The number of ether oxygens (including phenoxy) is 1. The molecule has 0 saturated heterocycles. The van der Waals surface area contributed by atoms with Crippen molar-refractivity contribution in [2.45, 2.75) is 58.7 Å². The van der Waals surface area contributed by atoms with E-state index in [0.717, 1.165) is 48.9 Å². The van der Waals surface area contributed by atoms with Gasteiger partial charge in [0.05, 0.1) is 17.2 Å². The van der Waals surface area contributed by atoms with Gasteiger partial charge in [0, 0.05) is 37.0 Å². The zero-order valence-corrected chi connectivity index (χ0v) is 17.1. The number of rotatable bonds is 8. The van der Waals surface area contributed by atoms with E-state index in [-0.39, 0.29) is 12.0 Å². The van der Waals surface area contributed by atoms with Gasteiger partial charge < -0.3 is 10.1 Å². The Kier molecular flexibility index (Phi) is 7.24. The summed E-state index contributed by atoms with van der Waals surface area (Å²) in [6.07, 6.45) is 4.06. The fourth-order valence-corrected chi connectivity index (χ4v) is 3.95. The fourth-order valence-electron chi connectivity index (χ4n) is 3.34. The number of amides is 1. The molecule has 0 radical (unpaired) electrons. The Morgan fingerprint density at radius 2 is 2.26 bits per heavy atom. The number of nitrogens with one attached hydrogen (secondary N) is 1. The molecule has 1 aliphatic heterocycles. The first-order valence-electron chi connectivity index (χ1n) is 9.78. The van der Waals surface area contributed by atoms with E-state index in [1.165, 1.54) is 12.0 Å². The molecular weight excluding hydrogens is 358 g/mol. The number of fused-ring (bicyclic) bond motifs is 1. The van der Waals surface area contributed by atoms with E-state index in [1.807, 2.05) is 18.4 Å². The normalized spacial score (nSPS) is 17.0. The number of carbonyl (C=O) groups is 1. The molecule has 27 heavy (non-hydrogen) atoms. The van der Waals surface area contributed by atoms with Crippen LogP contribution in [0.15, 0.2) is 29.6 Å². The van der Waals surface area contributed by atoms with Gasteiger partial charge in [-0.1, -0.05) is 31.5 Å². The van der Waals surface area contributed by atoms with E-state index < -0.39 is 0 Å². The Labute approximate surface area is 165 Å². The molecule has 6 heteroatoms. The van der Waals surface area contributed by atoms with Crippen LogP contribution >= 0.6 is 11.3 Å². The summed E-state index contributed by atoms with van der Waals surface area (Å²) in [4.78, 5) is 19.0. The molecular formula is C21H29N3O2S. The lowest BCUT2D eigenvalue weighted by Gasteiger charge is -2.23. The molecule has 1 aromatic heterocycles. The van der Waals surface area contributed by atoms with Gasteiger partial charge >= 0.3 is 0 Å². The zero-order valence-electron chi connectivity index (χ0n) is 16.2. The van der Waals surface area contributed by atoms with Crippen molar-refractivity contribution in [3.63, 3.8) is 0 Å². The summed E-state index contributed by atoms with van der Waals surface area (Å²) >= 11 is 1.61. The molecule has 0 spiro atoms. The van der Waals surface area contributed by atoms with Gasteiger partial charge in [-0.05, 0) is 25.8 Å². The standard InChI is InChI=1S/C21H29N3O2S/c1-3-4-8-19-14-24(13-17-7-5-6-9-20(17)26-19)11-10-21(25)22-12-18-15-27-16(2)23-18/h5-7,9,15,19H,3-4,8,10-14H2,1-2H3,(H,22,25). The van der Waals surface area contributed by atoms with E-state index in [4.69, 9.17) is 4.74 Å². The molecule has 3 rings (SSSR count). The minimum Gasteiger partial charge on any atom is -0.489 e. The number of aryl methyl sites for hydroxylation is 1. The second-order valence-electron chi connectivity index (χ2n) is 7.11. The number of nitrogens with zero attached hydrogens (tertiary/aromatic N) is 2. The summed E-state index contributed by atoms with van der Waals surface area (Å²) in [7, 11) is 0. The van der Waals surface area contributed by atoms with Gasteiger partial charge in [0.25, 0.3) is 0 Å². The largest absolute Gasteiger partial charge is 0.489 e. The van der Waals surface area contributed by atoms with E-state index in [9.17, 15) is 4.79 Å². The van der Waals surface area contributed by atoms with Crippen molar-refractivity contribution in [2.24, 2.45) is 0 Å². The Morgan fingerprint density at radius 3 is 3.04 bits per heavy atom. The Balaban J connectivity index is 1.53. The van der Waals surface area contributed by atoms with Gasteiger partial charge in [0.15, 0.2) is 0 Å². The van der Waals surface area contributed by atoms with Gasteiger partial charge in [0.2, 0.25) is 5.91 Å². The molecule has 2 heterocycles. The highest BCUT2D eigenvalue weighted by Gasteiger charge is 2.22. The topological polar surface area (TPSA) is 54.5 Å². The molecule has 2 aromatic rings. The third-order valence-corrected chi connectivity index (χ3v) is 5.61. The maximum Gasteiger partial charge on any atom is 0.221 e. The smallest absolute Gasteiger partial charge is 0.221 e. The summed E-state index contributed by atoms with van der Waals surface area (Å²) in [6, 6.07) is 8.25. The number of hydrogen-bond acceptors (Lipinski definition) is 5. The number of thiazole rings is 1. The molecule has 0 aliphatic carbocycles. The lowest BCUT2D eigenvalue weighted by Crippen LogP contribution is -2.35. The highest BCUT2D eigenvalue weighted by atomic mass is 32.1. The lowest BCUT2D eigenvalue weighted by atomic mass is 10.1. The molecule has 1 aromatic carbocycles. The lowest BCUT2D eigenvalue weighted by molar-refractivity contribution is -0.121. The molecule has 146 valence electrons. The van der Waals surface area contributed by atoms with Gasteiger partial charge in [-0.3, -0.25) is 9.69 Å². The Bertz CT molecular complexity index is 747. The number of aromatic nitrogens is 1. The number of para-hydroxylation sites is 1. The van der Waals surface area contributed by atoms with Gasteiger partial charge in [-0.15, -0.1) is 11.3 Å². The van der Waals surface area contributed by atoms with Crippen molar-refractivity contribution >= 4 is 17.2 Å². The third kappa shape index (κ3) is 6.04. The van der Waals surface area contributed by atoms with Crippen LogP contribution in [0.3, 0.4) is 0 Å². The second-order valence-corrected chi connectivity index (χ2v) is 8.17. The number of hydrogen-bond donors (Lipinski definition) is 1. The number of carbonyl (C=O) groups excluding carboxylic acids is 1. The average Bonchev–Trinajstić information content (AvgIpc) is 2.99. The van der Waals surface area contributed by atoms with Crippen molar-refractivity contribution < 1.29 is 9.53 Å². The molecule has 5 nitrogen and oxygen atoms in total. The number of unbranched alkanes of at least 4 members (excludes halogenated alkanes) is 1. The van der Waals surface area contributed by atoms with Gasteiger partial charge in [0.1, 0.15) is 11.9 Å². The predicted molar refractivity (Wildman–Crippen MR) is 109 cm³/mol. The van der Waals surface area contributed by atoms with Crippen molar-refractivity contribution in [3.05, 3.63) is 45.9 Å². The zero-order chi connectivity index (χ0) is 19.1. The molecule has 0 fully saturated rings. The van der Waals surface area contributed by atoms with Crippen molar-refractivity contribution in [3.8, 4) is 5.75 Å². The number of benzene rings is 1. The minimum absolute atomic E-state index is 0.0733. The van der Waals surface area contributed by atoms with Crippen LogP contribution in [0.4, 0.5) is 0 Å². The summed E-state index contributed by atoms with van der Waals surface area (Å²) in [6.45, 7) is 7.13. The summed E-state index contributed by atoms with van der Waals surface area (Å²) in [5.41, 5.74) is 2.14. The molecule has 1 aliphatic rings. The highest BCUT2D eigenvalue weighted by molar-refractivity contribution is 7.09. The van der Waals surface area contributed by atoms with Gasteiger partial charge in [-0.2, -0.15) is 0 Å². The van der Waals surface area contributed by atoms with Gasteiger partial charge in [-0.25, -0.2) is 4.98 Å². The van der Waals surface area contributed by atoms with E-state index in [2.05, 4.69) is 40.3 Å². The third-order valence-electron chi connectivity index (χ3n) is 4.79. The monoisotopic (exact) mass is 387 g/mol. The summed E-state index contributed by atoms with van der Waals surface area (Å²) in [5, 5.41) is 6.00. The fraction of sp³-hybridized carbons (Fsp3) is 0.524. The minimum atomic E-state index is 0.0733. The molecule has 1 atom stereocenters. The van der Waals surface area contributed by atoms with Crippen LogP contribution in [0.2, 0.25) is 0 Å². The maximum atomic E-state index is 12.3. The van der Waals surface area contributed by atoms with Crippen LogP contribution in [0.5, 0.6) is 5.75 Å². The molecule has 1 N–H and O–H groups in total. The summed E-state index contributed by atoms with van der Waals surface area (Å²) in [5.74, 6) is 1.06. The second kappa shape index (κ2) is 9.85. The molecule has 1 unspecified atom stereocenters. The van der Waals surface area contributed by atoms with E-state index >= 15 is 0 Å². The average molecular weight is 388 g/mol. The highest BCUT2D eigenvalue weighted by Crippen LogP contribution is 2.26. The molecule has 0 bridgehead atoms. The van der Waals surface area contributed by atoms with Crippen molar-refractivity contribution in [2.75, 3.05) is 13.1 Å². The van der Waals surface area contributed by atoms with Crippen LogP contribution in [0.25, 0.3) is 0 Å². The molecule has 0 saturated carbocycles. The van der Waals surface area contributed by atoms with Crippen LogP contribution in [-0.2, 0) is 17.9 Å². The Hall–Kier alpha value is -1.92. The SMILES string of the molecule is CCCCC1CN(CCC(=O)NCc2csc(C)n2)Cc2ccccc2O1. The Morgan fingerprint density at radius 1 is 1.41 bits per heavy atom. The van der Waals surface area contributed by atoms with E-state index in [1.54, 1.807) is 11.3 Å². The van der Waals surface area contributed by atoms with Crippen molar-refractivity contribution in [1.29, 1.82) is 0 Å². The van der Waals surface area contributed by atoms with Crippen LogP contribution < -0.4 is 10.1 Å². The first-order valence-corrected chi connectivity index (χ1v) is 10.7. The van der Waals surface area contributed by atoms with Crippen molar-refractivity contribution in [1.82, 2.24) is 15.2 Å². The summed E-state index contributed by atoms with van der Waals surface area (Å²) < 4.78 is 6.25. The first kappa shape index (κ1) is 19.8. The first-order chi connectivity index (χ1) is 13.1. The van der Waals surface area contributed by atoms with Crippen LogP contribution in [-0.4, -0.2) is 35.0 Å². The van der Waals surface area contributed by atoms with E-state index in [0.29, 0.717) is 13.0 Å². The van der Waals surface area contributed by atoms with Crippen LogP contribution in [0.1, 0.15) is 48.9 Å².